The molecule has 0 aliphatic carbocycles. The lowest BCUT2D eigenvalue weighted by Gasteiger charge is -2.29. The maximum Gasteiger partial charge on any atom is 0.216 e. The van der Waals surface area contributed by atoms with Crippen molar-refractivity contribution in [3.05, 3.63) is 52.8 Å². The van der Waals surface area contributed by atoms with Crippen LogP contribution in [0.5, 0.6) is 5.88 Å². The van der Waals surface area contributed by atoms with Gasteiger partial charge in [-0.1, -0.05) is 6.07 Å². The SMILES string of the molecule is Cc1[nH]c2ccc(CN=Cc3cc(N4CCOCC4)cc(OCC(C)(C)O)n3)cc2c1C. The van der Waals surface area contributed by atoms with Crippen molar-refractivity contribution in [2.24, 2.45) is 4.99 Å². The number of anilines is 1. The van der Waals surface area contributed by atoms with Gasteiger partial charge in [0.05, 0.1) is 31.1 Å². The van der Waals surface area contributed by atoms with E-state index in [0.717, 1.165) is 35.6 Å². The summed E-state index contributed by atoms with van der Waals surface area (Å²) in [6, 6.07) is 10.3. The number of morpholine rings is 1. The van der Waals surface area contributed by atoms with Gasteiger partial charge in [0.2, 0.25) is 5.88 Å². The summed E-state index contributed by atoms with van der Waals surface area (Å²) in [5.41, 5.74) is 5.60. The zero-order valence-electron chi connectivity index (χ0n) is 19.3. The number of rotatable bonds is 7. The molecule has 0 unspecified atom stereocenters. The number of aliphatic hydroxyl groups is 1. The van der Waals surface area contributed by atoms with Crippen LogP contribution in [0.1, 0.15) is 36.4 Å². The van der Waals surface area contributed by atoms with Crippen LogP contribution in [0.3, 0.4) is 0 Å². The lowest BCUT2D eigenvalue weighted by atomic mass is 10.1. The summed E-state index contributed by atoms with van der Waals surface area (Å²) in [4.78, 5) is 14.9. The van der Waals surface area contributed by atoms with Gasteiger partial charge in [0.1, 0.15) is 6.61 Å². The molecular formula is C25H32N4O3. The largest absolute Gasteiger partial charge is 0.475 e. The third kappa shape index (κ3) is 5.47. The molecule has 3 heterocycles. The Balaban J connectivity index is 1.54. The number of fused-ring (bicyclic) bond motifs is 1. The molecule has 0 atom stereocenters. The molecule has 7 nitrogen and oxygen atoms in total. The molecule has 1 aliphatic rings. The molecule has 1 aliphatic heterocycles. The first-order valence-corrected chi connectivity index (χ1v) is 11.1. The Hall–Kier alpha value is -2.90. The van der Waals surface area contributed by atoms with Gasteiger partial charge in [-0.3, -0.25) is 4.99 Å². The zero-order valence-corrected chi connectivity index (χ0v) is 19.3. The first-order valence-electron chi connectivity index (χ1n) is 11.1. The van der Waals surface area contributed by atoms with E-state index in [4.69, 9.17) is 9.47 Å². The first kappa shape index (κ1) is 22.3. The minimum absolute atomic E-state index is 0.165. The van der Waals surface area contributed by atoms with Crippen molar-refractivity contribution in [2.45, 2.75) is 39.8 Å². The minimum Gasteiger partial charge on any atom is -0.475 e. The number of H-pyrrole nitrogens is 1. The number of benzene rings is 1. The van der Waals surface area contributed by atoms with E-state index in [1.54, 1.807) is 20.1 Å². The highest BCUT2D eigenvalue weighted by Crippen LogP contribution is 2.24. The molecule has 1 saturated heterocycles. The van der Waals surface area contributed by atoms with Gasteiger partial charge in [-0.05, 0) is 57.0 Å². The molecule has 1 aromatic carbocycles. The number of nitrogens with zero attached hydrogens (tertiary/aromatic N) is 3. The van der Waals surface area contributed by atoms with E-state index in [-0.39, 0.29) is 6.61 Å². The van der Waals surface area contributed by atoms with Crippen molar-refractivity contribution in [3.8, 4) is 5.88 Å². The average molecular weight is 437 g/mol. The van der Waals surface area contributed by atoms with Crippen molar-refractivity contribution in [1.82, 2.24) is 9.97 Å². The normalized spacial score (nSPS) is 15.1. The molecule has 0 radical (unpaired) electrons. The number of hydrogen-bond donors (Lipinski definition) is 2. The van der Waals surface area contributed by atoms with Crippen molar-refractivity contribution < 1.29 is 14.6 Å². The Morgan fingerprint density at radius 1 is 1.22 bits per heavy atom. The fourth-order valence-electron chi connectivity index (χ4n) is 3.76. The van der Waals surface area contributed by atoms with Crippen LogP contribution >= 0.6 is 0 Å². The van der Waals surface area contributed by atoms with Gasteiger partial charge < -0.3 is 24.5 Å². The summed E-state index contributed by atoms with van der Waals surface area (Å²) in [7, 11) is 0. The summed E-state index contributed by atoms with van der Waals surface area (Å²) < 4.78 is 11.3. The molecule has 0 saturated carbocycles. The number of ether oxygens (including phenoxy) is 2. The van der Waals surface area contributed by atoms with Crippen LogP contribution in [0.4, 0.5) is 5.69 Å². The molecule has 1 fully saturated rings. The maximum absolute atomic E-state index is 10.0. The van der Waals surface area contributed by atoms with Gasteiger partial charge >= 0.3 is 0 Å². The number of aliphatic imine (C=N–C) groups is 1. The molecule has 2 N–H and O–H groups in total. The fourth-order valence-corrected chi connectivity index (χ4v) is 3.76. The second-order valence-corrected chi connectivity index (χ2v) is 9.01. The molecule has 170 valence electrons. The van der Waals surface area contributed by atoms with E-state index in [2.05, 4.69) is 51.9 Å². The quantitative estimate of drug-likeness (QED) is 0.551. The second kappa shape index (κ2) is 9.30. The Morgan fingerprint density at radius 2 is 2.00 bits per heavy atom. The maximum atomic E-state index is 10.0. The molecule has 32 heavy (non-hydrogen) atoms. The van der Waals surface area contributed by atoms with Gasteiger partial charge in [-0.15, -0.1) is 0 Å². The van der Waals surface area contributed by atoms with Crippen LogP contribution in [0.25, 0.3) is 10.9 Å². The van der Waals surface area contributed by atoms with Gasteiger partial charge in [0.15, 0.2) is 0 Å². The number of hydrogen-bond acceptors (Lipinski definition) is 6. The fraction of sp³-hybridized carbons (Fsp3) is 0.440. The van der Waals surface area contributed by atoms with E-state index < -0.39 is 5.60 Å². The number of nitrogens with one attached hydrogen (secondary N) is 1. The molecule has 7 heteroatoms. The third-order valence-corrected chi connectivity index (χ3v) is 5.63. The summed E-state index contributed by atoms with van der Waals surface area (Å²) in [6.45, 7) is 11.4. The Morgan fingerprint density at radius 3 is 2.75 bits per heavy atom. The van der Waals surface area contributed by atoms with Crippen LogP contribution in [0.15, 0.2) is 35.3 Å². The minimum atomic E-state index is -0.932. The summed E-state index contributed by atoms with van der Waals surface area (Å²) in [5.74, 6) is 0.484. The lowest BCUT2D eigenvalue weighted by molar-refractivity contribution is 0.0268. The van der Waals surface area contributed by atoms with E-state index in [9.17, 15) is 5.11 Å². The summed E-state index contributed by atoms with van der Waals surface area (Å²) in [5, 5.41) is 11.3. The van der Waals surface area contributed by atoms with Crippen molar-refractivity contribution >= 4 is 22.8 Å². The van der Waals surface area contributed by atoms with Crippen LogP contribution < -0.4 is 9.64 Å². The highest BCUT2D eigenvalue weighted by Gasteiger charge is 2.17. The molecule has 0 amide bonds. The van der Waals surface area contributed by atoms with Crippen LogP contribution in [0.2, 0.25) is 0 Å². The highest BCUT2D eigenvalue weighted by molar-refractivity contribution is 5.85. The zero-order chi connectivity index (χ0) is 22.7. The number of aromatic amines is 1. The average Bonchev–Trinajstić information content (AvgIpc) is 3.06. The standard InChI is InChI=1S/C25H32N4O3/c1-17-18(2)27-23-6-5-19(11-22(17)23)14-26-15-20-12-21(29-7-9-31-10-8-29)13-24(28-20)32-16-25(3,4)30/h5-6,11-13,15,27,30H,7-10,14,16H2,1-4H3. The van der Waals surface area contributed by atoms with Gasteiger partial charge in [0, 0.05) is 47.7 Å². The van der Waals surface area contributed by atoms with E-state index in [0.29, 0.717) is 25.6 Å². The van der Waals surface area contributed by atoms with Crippen molar-refractivity contribution in [2.75, 3.05) is 37.8 Å². The number of pyridine rings is 1. The first-order chi connectivity index (χ1) is 15.3. The lowest BCUT2D eigenvalue weighted by Crippen LogP contribution is -2.36. The predicted octanol–water partition coefficient (Wildman–Crippen LogP) is 3.79. The molecule has 0 spiro atoms. The van der Waals surface area contributed by atoms with Crippen LogP contribution in [0, 0.1) is 13.8 Å². The Kier molecular flexibility index (Phi) is 6.48. The Labute approximate surface area is 189 Å². The number of aromatic nitrogens is 2. The topological polar surface area (TPSA) is 83.0 Å². The van der Waals surface area contributed by atoms with Crippen LogP contribution in [-0.4, -0.2) is 59.8 Å². The second-order valence-electron chi connectivity index (χ2n) is 9.01. The molecule has 0 bridgehead atoms. The third-order valence-electron chi connectivity index (χ3n) is 5.63. The van der Waals surface area contributed by atoms with Gasteiger partial charge in [0.25, 0.3) is 0 Å². The van der Waals surface area contributed by atoms with Crippen LogP contribution in [-0.2, 0) is 11.3 Å². The summed E-state index contributed by atoms with van der Waals surface area (Å²) >= 11 is 0. The van der Waals surface area contributed by atoms with Gasteiger partial charge in [-0.2, -0.15) is 0 Å². The molecule has 2 aromatic heterocycles. The Bertz CT molecular complexity index is 1110. The van der Waals surface area contributed by atoms with E-state index in [1.165, 1.54) is 16.6 Å². The van der Waals surface area contributed by atoms with E-state index >= 15 is 0 Å². The number of aryl methyl sites for hydroxylation is 2. The molecule has 3 aromatic rings. The smallest absolute Gasteiger partial charge is 0.216 e. The monoisotopic (exact) mass is 436 g/mol. The van der Waals surface area contributed by atoms with Crippen molar-refractivity contribution in [3.63, 3.8) is 0 Å². The molecule has 4 rings (SSSR count). The predicted molar refractivity (Wildman–Crippen MR) is 128 cm³/mol. The van der Waals surface area contributed by atoms with Crippen molar-refractivity contribution in [1.29, 1.82) is 0 Å². The summed E-state index contributed by atoms with van der Waals surface area (Å²) in [6.07, 6.45) is 1.79. The molecular weight excluding hydrogens is 404 g/mol. The van der Waals surface area contributed by atoms with Gasteiger partial charge in [-0.25, -0.2) is 4.98 Å². The van der Waals surface area contributed by atoms with E-state index in [1.807, 2.05) is 12.1 Å². The highest BCUT2D eigenvalue weighted by atomic mass is 16.5.